The average Bonchev–Trinajstić information content (AvgIpc) is 3.06. The van der Waals surface area contributed by atoms with Crippen molar-refractivity contribution < 1.29 is 9.15 Å². The van der Waals surface area contributed by atoms with Gasteiger partial charge in [0.15, 0.2) is 0 Å². The predicted molar refractivity (Wildman–Crippen MR) is 105 cm³/mol. The molecule has 0 atom stereocenters. The zero-order valence-corrected chi connectivity index (χ0v) is 16.6. The summed E-state index contributed by atoms with van der Waals surface area (Å²) in [6.45, 7) is 2.59. The van der Waals surface area contributed by atoms with Crippen LogP contribution in [-0.2, 0) is 12.2 Å². The molecule has 0 aliphatic carbocycles. The van der Waals surface area contributed by atoms with Crippen molar-refractivity contribution in [1.82, 2.24) is 10.2 Å². The van der Waals surface area contributed by atoms with E-state index in [1.165, 1.54) is 11.1 Å². The summed E-state index contributed by atoms with van der Waals surface area (Å²) >= 11 is 13.5. The van der Waals surface area contributed by atoms with Gasteiger partial charge in [-0.05, 0) is 37.1 Å². The second kappa shape index (κ2) is 9.31. The van der Waals surface area contributed by atoms with Crippen LogP contribution in [-0.4, -0.2) is 16.8 Å². The summed E-state index contributed by atoms with van der Waals surface area (Å²) < 4.78 is 11.3. The highest BCUT2D eigenvalue weighted by atomic mass is 35.5. The lowest BCUT2D eigenvalue weighted by Gasteiger charge is -2.07. The van der Waals surface area contributed by atoms with E-state index in [1.54, 1.807) is 30.0 Å². The van der Waals surface area contributed by atoms with Crippen LogP contribution in [0.15, 0.2) is 52.1 Å². The Morgan fingerprint density at radius 2 is 2.00 bits per heavy atom. The molecular formula is C19H18Cl2N2O2S. The van der Waals surface area contributed by atoms with Gasteiger partial charge in [0, 0.05) is 17.2 Å². The maximum atomic E-state index is 6.07. The third-order valence-electron chi connectivity index (χ3n) is 3.58. The molecular weight excluding hydrogens is 391 g/mol. The Morgan fingerprint density at radius 1 is 1.12 bits per heavy atom. The van der Waals surface area contributed by atoms with Crippen molar-refractivity contribution in [2.45, 2.75) is 30.7 Å². The summed E-state index contributed by atoms with van der Waals surface area (Å²) in [4.78, 5) is 0. The topological polar surface area (TPSA) is 48.2 Å². The van der Waals surface area contributed by atoms with Crippen LogP contribution in [0.4, 0.5) is 0 Å². The lowest BCUT2D eigenvalue weighted by Crippen LogP contribution is -2.00. The maximum absolute atomic E-state index is 6.07. The number of ether oxygens (including phenoxy) is 1. The molecule has 3 rings (SSSR count). The molecule has 0 aliphatic heterocycles. The number of hydrogen-bond donors (Lipinski definition) is 0. The Hall–Kier alpha value is -1.69. The zero-order valence-electron chi connectivity index (χ0n) is 14.2. The quantitative estimate of drug-likeness (QED) is 0.338. The summed E-state index contributed by atoms with van der Waals surface area (Å²) in [6.07, 6.45) is 1.41. The molecule has 136 valence electrons. The molecule has 1 aromatic heterocycles. The standard InChI is InChI=1S/C19H18Cl2N2O2S/c1-13-4-2-5-14(10-13)12-26-19-23-22-18(25-19)6-3-9-24-17-8-7-15(20)11-16(17)21/h2,4-5,7-8,10-11H,3,6,9,12H2,1H3. The highest BCUT2D eigenvalue weighted by molar-refractivity contribution is 7.98. The Balaban J connectivity index is 1.42. The Kier molecular flexibility index (Phi) is 6.83. The van der Waals surface area contributed by atoms with Crippen molar-refractivity contribution in [2.75, 3.05) is 6.61 Å². The largest absolute Gasteiger partial charge is 0.492 e. The van der Waals surface area contributed by atoms with Crippen LogP contribution in [0, 0.1) is 6.92 Å². The molecule has 0 radical (unpaired) electrons. The molecule has 0 amide bonds. The minimum absolute atomic E-state index is 0.505. The first-order chi connectivity index (χ1) is 12.6. The van der Waals surface area contributed by atoms with E-state index in [2.05, 4.69) is 41.4 Å². The minimum atomic E-state index is 0.505. The first-order valence-corrected chi connectivity index (χ1v) is 9.93. The van der Waals surface area contributed by atoms with Gasteiger partial charge in [0.1, 0.15) is 5.75 Å². The van der Waals surface area contributed by atoms with Gasteiger partial charge in [-0.15, -0.1) is 10.2 Å². The van der Waals surface area contributed by atoms with Crippen LogP contribution in [0.25, 0.3) is 0 Å². The molecule has 0 N–H and O–H groups in total. The van der Waals surface area contributed by atoms with Crippen molar-refractivity contribution in [3.63, 3.8) is 0 Å². The van der Waals surface area contributed by atoms with E-state index in [9.17, 15) is 0 Å². The summed E-state index contributed by atoms with van der Waals surface area (Å²) in [7, 11) is 0. The fraction of sp³-hybridized carbons (Fsp3) is 0.263. The number of aryl methyl sites for hydroxylation is 2. The number of hydrogen-bond acceptors (Lipinski definition) is 5. The van der Waals surface area contributed by atoms with E-state index < -0.39 is 0 Å². The fourth-order valence-electron chi connectivity index (χ4n) is 2.34. The number of benzene rings is 2. The van der Waals surface area contributed by atoms with Crippen molar-refractivity contribution in [1.29, 1.82) is 0 Å². The second-order valence-electron chi connectivity index (χ2n) is 5.77. The Labute approximate surface area is 166 Å². The molecule has 3 aromatic rings. The highest BCUT2D eigenvalue weighted by Crippen LogP contribution is 2.27. The molecule has 0 aliphatic rings. The van der Waals surface area contributed by atoms with Gasteiger partial charge in [-0.1, -0.05) is 64.8 Å². The first kappa shape index (κ1) is 19.1. The van der Waals surface area contributed by atoms with Crippen molar-refractivity contribution in [3.8, 4) is 5.75 Å². The van der Waals surface area contributed by atoms with E-state index >= 15 is 0 Å². The molecule has 0 saturated carbocycles. The molecule has 0 saturated heterocycles. The van der Waals surface area contributed by atoms with Gasteiger partial charge in [0.25, 0.3) is 5.22 Å². The van der Waals surface area contributed by atoms with E-state index in [1.807, 2.05) is 0 Å². The maximum Gasteiger partial charge on any atom is 0.276 e. The predicted octanol–water partition coefficient (Wildman–Crippen LogP) is 5.99. The Morgan fingerprint density at radius 3 is 2.81 bits per heavy atom. The fourth-order valence-corrected chi connectivity index (χ4v) is 3.53. The molecule has 0 unspecified atom stereocenters. The van der Waals surface area contributed by atoms with Crippen molar-refractivity contribution in [2.24, 2.45) is 0 Å². The lowest BCUT2D eigenvalue weighted by molar-refractivity contribution is 0.302. The summed E-state index contributed by atoms with van der Waals surface area (Å²) in [6, 6.07) is 13.6. The number of halogens is 2. The third-order valence-corrected chi connectivity index (χ3v) is 5.00. The third kappa shape index (κ3) is 5.66. The van der Waals surface area contributed by atoms with E-state index in [0.717, 1.165) is 12.2 Å². The smallest absolute Gasteiger partial charge is 0.276 e. The van der Waals surface area contributed by atoms with Gasteiger partial charge in [-0.2, -0.15) is 0 Å². The molecule has 26 heavy (non-hydrogen) atoms. The molecule has 0 fully saturated rings. The minimum Gasteiger partial charge on any atom is -0.492 e. The van der Waals surface area contributed by atoms with E-state index in [-0.39, 0.29) is 0 Å². The molecule has 0 spiro atoms. The van der Waals surface area contributed by atoms with Crippen LogP contribution in [0.5, 0.6) is 5.75 Å². The average molecular weight is 409 g/mol. The number of rotatable bonds is 8. The number of aromatic nitrogens is 2. The summed E-state index contributed by atoms with van der Waals surface area (Å²) in [5, 5.41) is 9.85. The van der Waals surface area contributed by atoms with Gasteiger partial charge >= 0.3 is 0 Å². The SMILES string of the molecule is Cc1cccc(CSc2nnc(CCCOc3ccc(Cl)cc3Cl)o2)c1. The molecule has 7 heteroatoms. The van der Waals surface area contributed by atoms with Gasteiger partial charge in [-0.3, -0.25) is 0 Å². The molecule has 4 nitrogen and oxygen atoms in total. The van der Waals surface area contributed by atoms with E-state index in [4.69, 9.17) is 32.4 Å². The van der Waals surface area contributed by atoms with Gasteiger partial charge in [0.2, 0.25) is 5.89 Å². The monoisotopic (exact) mass is 408 g/mol. The van der Waals surface area contributed by atoms with E-state index in [0.29, 0.717) is 39.9 Å². The van der Waals surface area contributed by atoms with Crippen molar-refractivity contribution >= 4 is 35.0 Å². The van der Waals surface area contributed by atoms with Crippen LogP contribution >= 0.6 is 35.0 Å². The second-order valence-corrected chi connectivity index (χ2v) is 7.54. The highest BCUT2D eigenvalue weighted by Gasteiger charge is 2.08. The van der Waals surface area contributed by atoms with Gasteiger partial charge < -0.3 is 9.15 Å². The summed E-state index contributed by atoms with van der Waals surface area (Å²) in [5.74, 6) is 2.04. The normalized spacial score (nSPS) is 10.9. The van der Waals surface area contributed by atoms with Gasteiger partial charge in [-0.25, -0.2) is 0 Å². The molecule has 0 bridgehead atoms. The van der Waals surface area contributed by atoms with Gasteiger partial charge in [0.05, 0.1) is 11.6 Å². The molecule has 2 aromatic carbocycles. The lowest BCUT2D eigenvalue weighted by atomic mass is 10.2. The molecule has 1 heterocycles. The first-order valence-electron chi connectivity index (χ1n) is 8.19. The van der Waals surface area contributed by atoms with Crippen LogP contribution in [0.1, 0.15) is 23.4 Å². The number of nitrogens with zero attached hydrogens (tertiary/aromatic N) is 2. The Bertz CT molecular complexity index is 870. The van der Waals surface area contributed by atoms with Crippen LogP contribution in [0.2, 0.25) is 10.0 Å². The number of thioether (sulfide) groups is 1. The summed E-state index contributed by atoms with van der Waals surface area (Å²) in [5.41, 5.74) is 2.48. The van der Waals surface area contributed by atoms with Crippen LogP contribution < -0.4 is 4.74 Å². The zero-order chi connectivity index (χ0) is 18.4. The van der Waals surface area contributed by atoms with Crippen molar-refractivity contribution in [3.05, 3.63) is 69.5 Å². The van der Waals surface area contributed by atoms with Crippen LogP contribution in [0.3, 0.4) is 0 Å².